The summed E-state index contributed by atoms with van der Waals surface area (Å²) in [6.07, 6.45) is 0. The van der Waals surface area contributed by atoms with Crippen LogP contribution in [0, 0.1) is 11.9 Å². The Morgan fingerprint density at radius 1 is 1.67 bits per heavy atom. The van der Waals surface area contributed by atoms with Gasteiger partial charge in [0.1, 0.15) is 16.7 Å². The maximum absolute atomic E-state index is 12.8. The quantitative estimate of drug-likeness (QED) is 0.525. The standard InChI is InChI=1S/C8H8FN2O2S2/c9-5-1-2-7(11-4-15(12)13)6(3-5)8(10)14/h2-3,11,15H,4H2,(H2,10,14). The zero-order chi connectivity index (χ0) is 11.4. The molecule has 0 saturated heterocycles. The van der Waals surface area contributed by atoms with E-state index in [1.807, 2.05) is 0 Å². The van der Waals surface area contributed by atoms with E-state index in [0.717, 1.165) is 6.07 Å². The zero-order valence-corrected chi connectivity index (χ0v) is 9.20. The second-order valence-electron chi connectivity index (χ2n) is 2.64. The van der Waals surface area contributed by atoms with E-state index < -0.39 is 16.5 Å². The molecule has 3 N–H and O–H groups in total. The summed E-state index contributed by atoms with van der Waals surface area (Å²) in [4.78, 5) is -0.00785. The van der Waals surface area contributed by atoms with E-state index in [2.05, 4.69) is 11.4 Å². The van der Waals surface area contributed by atoms with E-state index >= 15 is 0 Å². The van der Waals surface area contributed by atoms with Crippen LogP contribution in [0.2, 0.25) is 0 Å². The van der Waals surface area contributed by atoms with Crippen LogP contribution in [0.1, 0.15) is 5.56 Å². The lowest BCUT2D eigenvalue weighted by Gasteiger charge is -2.08. The van der Waals surface area contributed by atoms with Gasteiger partial charge in [0.15, 0.2) is 10.7 Å². The number of nitrogens with two attached hydrogens (primary N) is 1. The molecule has 0 heterocycles. The molecule has 0 aliphatic heterocycles. The van der Waals surface area contributed by atoms with Gasteiger partial charge in [-0.1, -0.05) is 12.2 Å². The van der Waals surface area contributed by atoms with Crippen LogP contribution in [0.15, 0.2) is 12.1 Å². The molecule has 1 radical (unpaired) electrons. The predicted molar refractivity (Wildman–Crippen MR) is 59.9 cm³/mol. The van der Waals surface area contributed by atoms with Gasteiger partial charge in [0, 0.05) is 17.3 Å². The third kappa shape index (κ3) is 3.45. The van der Waals surface area contributed by atoms with Crippen molar-refractivity contribution in [3.8, 4) is 0 Å². The van der Waals surface area contributed by atoms with Gasteiger partial charge < -0.3 is 11.1 Å². The normalized spacial score (nSPS) is 10.3. The lowest BCUT2D eigenvalue weighted by molar-refractivity contribution is 0.616. The summed E-state index contributed by atoms with van der Waals surface area (Å²) in [6.45, 7) is 0. The van der Waals surface area contributed by atoms with E-state index in [0.29, 0.717) is 5.69 Å². The molecule has 0 amide bonds. The van der Waals surface area contributed by atoms with Crippen molar-refractivity contribution in [2.24, 2.45) is 5.73 Å². The van der Waals surface area contributed by atoms with Gasteiger partial charge in [-0.3, -0.25) is 0 Å². The van der Waals surface area contributed by atoms with Gasteiger partial charge in [-0.25, -0.2) is 12.8 Å². The highest BCUT2D eigenvalue weighted by Gasteiger charge is 2.06. The Morgan fingerprint density at radius 2 is 2.33 bits per heavy atom. The van der Waals surface area contributed by atoms with E-state index in [1.54, 1.807) is 0 Å². The molecule has 1 rings (SSSR count). The van der Waals surface area contributed by atoms with Crippen molar-refractivity contribution in [1.82, 2.24) is 0 Å². The molecule has 0 saturated carbocycles. The minimum atomic E-state index is -2.57. The summed E-state index contributed by atoms with van der Waals surface area (Å²) in [7, 11) is -2.57. The Kier molecular flexibility index (Phi) is 3.98. The third-order valence-electron chi connectivity index (χ3n) is 1.58. The number of anilines is 1. The van der Waals surface area contributed by atoms with Gasteiger partial charge in [0.05, 0.1) is 0 Å². The molecule has 4 nitrogen and oxygen atoms in total. The summed E-state index contributed by atoms with van der Waals surface area (Å²) < 4.78 is 33.5. The van der Waals surface area contributed by atoms with Gasteiger partial charge in [0.25, 0.3) is 0 Å². The SMILES string of the molecule is NC(=S)c1cc(F)[c]cc1NC[SH](=O)=O. The average molecular weight is 247 g/mol. The maximum atomic E-state index is 12.8. The molecule has 1 aromatic rings. The smallest absolute Gasteiger partial charge is 0.158 e. The molecule has 15 heavy (non-hydrogen) atoms. The first-order chi connectivity index (χ1) is 7.00. The fraction of sp³-hybridized carbons (Fsp3) is 0.125. The molecule has 0 aromatic heterocycles. The topological polar surface area (TPSA) is 72.2 Å². The van der Waals surface area contributed by atoms with Crippen LogP contribution in [-0.2, 0) is 10.7 Å². The van der Waals surface area contributed by atoms with Crippen LogP contribution in [0.5, 0.6) is 0 Å². The second kappa shape index (κ2) is 5.04. The maximum Gasteiger partial charge on any atom is 0.158 e. The second-order valence-corrected chi connectivity index (χ2v) is 4.06. The van der Waals surface area contributed by atoms with Crippen molar-refractivity contribution in [2.45, 2.75) is 0 Å². The minimum absolute atomic E-state index is 0.00785. The highest BCUT2D eigenvalue weighted by Crippen LogP contribution is 2.16. The van der Waals surface area contributed by atoms with Crippen molar-refractivity contribution in [3.63, 3.8) is 0 Å². The summed E-state index contributed by atoms with van der Waals surface area (Å²) in [5.74, 6) is -0.861. The Morgan fingerprint density at radius 3 is 2.87 bits per heavy atom. The van der Waals surface area contributed by atoms with Crippen molar-refractivity contribution in [1.29, 1.82) is 0 Å². The number of hydrogen-bond acceptors (Lipinski definition) is 4. The summed E-state index contributed by atoms with van der Waals surface area (Å²) in [5.41, 5.74) is 5.96. The summed E-state index contributed by atoms with van der Waals surface area (Å²) in [5, 5.41) is 2.56. The Bertz CT molecular complexity index is 452. The largest absolute Gasteiger partial charge is 0.389 e. The van der Waals surface area contributed by atoms with Crippen LogP contribution in [0.25, 0.3) is 0 Å². The van der Waals surface area contributed by atoms with Crippen LogP contribution < -0.4 is 11.1 Å². The Balaban J connectivity index is 3.00. The van der Waals surface area contributed by atoms with Crippen LogP contribution in [0.3, 0.4) is 0 Å². The minimum Gasteiger partial charge on any atom is -0.389 e. The van der Waals surface area contributed by atoms with Gasteiger partial charge in [-0.05, 0) is 12.1 Å². The molecule has 1 aromatic carbocycles. The molecule has 0 spiro atoms. The molecular formula is C8H8FN2O2S2. The molecule has 0 bridgehead atoms. The lowest BCUT2D eigenvalue weighted by atomic mass is 10.2. The van der Waals surface area contributed by atoms with Crippen LogP contribution >= 0.6 is 12.2 Å². The number of hydrogen-bond donors (Lipinski definition) is 3. The molecule has 0 atom stereocenters. The predicted octanol–water partition coefficient (Wildman–Crippen LogP) is 0.241. The summed E-state index contributed by atoms with van der Waals surface area (Å²) >= 11 is 4.70. The first-order valence-corrected chi connectivity index (χ1v) is 5.64. The molecule has 0 aliphatic carbocycles. The van der Waals surface area contributed by atoms with Crippen LogP contribution in [0.4, 0.5) is 10.1 Å². The number of nitrogens with one attached hydrogen (secondary N) is 1. The van der Waals surface area contributed by atoms with E-state index in [-0.39, 0.29) is 16.4 Å². The number of thiocarbonyl (C=S) groups is 1. The Labute approximate surface area is 93.2 Å². The van der Waals surface area contributed by atoms with Crippen molar-refractivity contribution >= 4 is 33.6 Å². The first kappa shape index (κ1) is 11.9. The highest BCUT2D eigenvalue weighted by atomic mass is 32.2. The van der Waals surface area contributed by atoms with Gasteiger partial charge in [-0.2, -0.15) is 0 Å². The van der Waals surface area contributed by atoms with E-state index in [4.69, 9.17) is 18.0 Å². The molecule has 0 fully saturated rings. The third-order valence-corrected chi connectivity index (χ3v) is 2.22. The lowest BCUT2D eigenvalue weighted by Crippen LogP contribution is -2.14. The molecular weight excluding hydrogens is 239 g/mol. The number of halogens is 1. The molecule has 0 unspecified atom stereocenters. The van der Waals surface area contributed by atoms with E-state index in [9.17, 15) is 12.8 Å². The van der Waals surface area contributed by atoms with Gasteiger partial charge in [-0.15, -0.1) is 0 Å². The monoisotopic (exact) mass is 247 g/mol. The number of thiol groups is 1. The first-order valence-electron chi connectivity index (χ1n) is 3.87. The molecule has 7 heteroatoms. The van der Waals surface area contributed by atoms with Crippen molar-refractivity contribution < 1.29 is 12.8 Å². The number of rotatable bonds is 4. The highest BCUT2D eigenvalue weighted by molar-refractivity contribution is 7.80. The van der Waals surface area contributed by atoms with Gasteiger partial charge >= 0.3 is 0 Å². The molecule has 0 aliphatic rings. The van der Waals surface area contributed by atoms with E-state index in [1.165, 1.54) is 6.07 Å². The summed E-state index contributed by atoms with van der Waals surface area (Å²) in [6, 6.07) is 4.64. The van der Waals surface area contributed by atoms with Crippen LogP contribution in [-0.4, -0.2) is 19.3 Å². The zero-order valence-electron chi connectivity index (χ0n) is 7.49. The van der Waals surface area contributed by atoms with Crippen molar-refractivity contribution in [2.75, 3.05) is 11.2 Å². The fourth-order valence-electron chi connectivity index (χ4n) is 0.965. The van der Waals surface area contributed by atoms with Crippen molar-refractivity contribution in [3.05, 3.63) is 29.6 Å². The molecule has 81 valence electrons. The average Bonchev–Trinajstić information content (AvgIpc) is 2.15. The number of benzene rings is 1. The Hall–Kier alpha value is -1.21. The van der Waals surface area contributed by atoms with Gasteiger partial charge in [0.2, 0.25) is 0 Å². The fourth-order valence-corrected chi connectivity index (χ4v) is 1.43.